The minimum absolute atomic E-state index is 0.0219. The van der Waals surface area contributed by atoms with E-state index in [0.717, 1.165) is 12.3 Å². The first kappa shape index (κ1) is 25.4. The van der Waals surface area contributed by atoms with E-state index in [9.17, 15) is 18.0 Å². The van der Waals surface area contributed by atoms with Crippen LogP contribution in [0.2, 0.25) is 0 Å². The number of amides is 1. The first-order valence-corrected chi connectivity index (χ1v) is 11.3. The van der Waals surface area contributed by atoms with Crippen molar-refractivity contribution in [3.8, 4) is 11.5 Å². The second kappa shape index (κ2) is 10.5. The molecule has 4 rings (SSSR count). The Labute approximate surface area is 205 Å². The average molecular weight is 505 g/mol. The van der Waals surface area contributed by atoms with Gasteiger partial charge in [-0.3, -0.25) is 9.78 Å². The zero-order valence-electron chi connectivity index (χ0n) is 20.1. The molecule has 1 fully saturated rings. The van der Waals surface area contributed by atoms with Crippen LogP contribution in [0.3, 0.4) is 0 Å². The zero-order chi connectivity index (χ0) is 25.9. The lowest BCUT2D eigenvalue weighted by atomic mass is 10.2. The number of aromatic nitrogens is 3. The number of methoxy groups -OCH3 is 1. The summed E-state index contributed by atoms with van der Waals surface area (Å²) in [4.78, 5) is 25.7. The number of fused-ring (bicyclic) bond motifs is 1. The number of aryl methyl sites for hydroxylation is 1. The van der Waals surface area contributed by atoms with Crippen LogP contribution in [0.1, 0.15) is 24.0 Å². The largest absolute Gasteiger partial charge is 0.493 e. The van der Waals surface area contributed by atoms with Gasteiger partial charge < -0.3 is 24.4 Å². The maximum absolute atomic E-state index is 13.0. The van der Waals surface area contributed by atoms with Crippen LogP contribution in [0.15, 0.2) is 30.5 Å². The van der Waals surface area contributed by atoms with Crippen LogP contribution in [-0.2, 0) is 22.3 Å². The smallest absolute Gasteiger partial charge is 0.433 e. The van der Waals surface area contributed by atoms with Crippen LogP contribution in [0.4, 0.5) is 19.0 Å². The fourth-order valence-electron chi connectivity index (χ4n) is 3.87. The molecule has 12 heteroatoms. The molecule has 9 nitrogen and oxygen atoms in total. The molecule has 36 heavy (non-hydrogen) atoms. The van der Waals surface area contributed by atoms with Crippen LogP contribution in [0, 0.1) is 6.92 Å². The summed E-state index contributed by atoms with van der Waals surface area (Å²) in [5.41, 5.74) is 0.0204. The molecule has 0 aliphatic carbocycles. The number of ether oxygens (including phenoxy) is 3. The number of carbonyl (C=O) groups excluding carboxylic acids is 1. The third-order valence-electron chi connectivity index (χ3n) is 5.68. The number of carbonyl (C=O) groups is 1. The van der Waals surface area contributed by atoms with Gasteiger partial charge in [0.25, 0.3) is 0 Å². The summed E-state index contributed by atoms with van der Waals surface area (Å²) in [6, 6.07) is 5.93. The topological polar surface area (TPSA) is 98.7 Å². The van der Waals surface area contributed by atoms with Crippen LogP contribution in [-0.4, -0.2) is 65.3 Å². The number of morpholine rings is 1. The van der Waals surface area contributed by atoms with E-state index in [1.807, 2.05) is 0 Å². The molecule has 192 valence electrons. The number of hydrogen-bond donors (Lipinski definition) is 1. The quantitative estimate of drug-likeness (QED) is 0.520. The lowest BCUT2D eigenvalue weighted by Gasteiger charge is -2.32. The average Bonchev–Trinajstić information content (AvgIpc) is 2.85. The highest BCUT2D eigenvalue weighted by Crippen LogP contribution is 2.35. The Morgan fingerprint density at radius 2 is 2.06 bits per heavy atom. The maximum Gasteiger partial charge on any atom is 0.433 e. The molecule has 3 heterocycles. The Kier molecular flexibility index (Phi) is 7.43. The minimum Gasteiger partial charge on any atom is -0.493 e. The standard InChI is InChI=1S/C24H26F3N5O4/c1-14-30-19-10-20(34-3)21(36-13-17-12-32(15(2)33)6-7-35-17)9-18(19)23(31-14)29-11-16-4-5-28-22(8-16)24(25,26)27/h4-5,8-10,17H,6-7,11-13H2,1-3H3,(H,29,30,31)/t17-/m0/s1. The van der Waals surface area contributed by atoms with Gasteiger partial charge in [0.1, 0.15) is 30.0 Å². The Hall–Kier alpha value is -3.67. The van der Waals surface area contributed by atoms with Gasteiger partial charge in [-0.1, -0.05) is 0 Å². The van der Waals surface area contributed by atoms with Crippen LogP contribution >= 0.6 is 0 Å². The van der Waals surface area contributed by atoms with Gasteiger partial charge in [0.05, 0.1) is 25.8 Å². The second-order valence-corrected chi connectivity index (χ2v) is 8.31. The third kappa shape index (κ3) is 5.93. The fraction of sp³-hybridized carbons (Fsp3) is 0.417. The van der Waals surface area contributed by atoms with Gasteiger partial charge in [-0.25, -0.2) is 9.97 Å². The molecule has 1 aromatic carbocycles. The highest BCUT2D eigenvalue weighted by molar-refractivity contribution is 5.91. The number of halogens is 3. The Bertz CT molecular complexity index is 1250. The summed E-state index contributed by atoms with van der Waals surface area (Å²) in [6.45, 7) is 4.91. The van der Waals surface area contributed by atoms with Crippen LogP contribution in [0.25, 0.3) is 10.9 Å². The lowest BCUT2D eigenvalue weighted by molar-refractivity contribution is -0.141. The van der Waals surface area contributed by atoms with E-state index in [2.05, 4.69) is 20.3 Å². The van der Waals surface area contributed by atoms with Gasteiger partial charge in [-0.2, -0.15) is 13.2 Å². The van der Waals surface area contributed by atoms with Gasteiger partial charge >= 0.3 is 6.18 Å². The molecule has 0 spiro atoms. The zero-order valence-corrected chi connectivity index (χ0v) is 20.1. The first-order valence-electron chi connectivity index (χ1n) is 11.3. The first-order chi connectivity index (χ1) is 17.1. The van der Waals surface area contributed by atoms with E-state index >= 15 is 0 Å². The number of hydrogen-bond acceptors (Lipinski definition) is 8. The predicted molar refractivity (Wildman–Crippen MR) is 125 cm³/mol. The van der Waals surface area contributed by atoms with Crippen molar-refractivity contribution in [3.63, 3.8) is 0 Å². The lowest BCUT2D eigenvalue weighted by Crippen LogP contribution is -2.46. The maximum atomic E-state index is 13.0. The van der Waals surface area contributed by atoms with Crippen LogP contribution < -0.4 is 14.8 Å². The van der Waals surface area contributed by atoms with E-state index in [1.165, 1.54) is 20.1 Å². The van der Waals surface area contributed by atoms with Gasteiger partial charge in [0, 0.05) is 37.7 Å². The van der Waals surface area contributed by atoms with Crippen molar-refractivity contribution in [2.45, 2.75) is 32.7 Å². The number of anilines is 1. The number of pyridine rings is 1. The number of rotatable bonds is 7. The SMILES string of the molecule is COc1cc2nc(C)nc(NCc3ccnc(C(F)(F)F)c3)c2cc1OC[C@@H]1CN(C(C)=O)CCO1. The van der Waals surface area contributed by atoms with E-state index in [0.29, 0.717) is 59.3 Å². The van der Waals surface area contributed by atoms with E-state index < -0.39 is 11.9 Å². The van der Waals surface area contributed by atoms with Crippen molar-refractivity contribution in [1.82, 2.24) is 19.9 Å². The molecule has 3 aromatic rings. The Balaban J connectivity index is 1.57. The van der Waals surface area contributed by atoms with E-state index in [1.54, 1.807) is 24.0 Å². The highest BCUT2D eigenvalue weighted by atomic mass is 19.4. The second-order valence-electron chi connectivity index (χ2n) is 8.31. The molecular formula is C24H26F3N5O4. The summed E-state index contributed by atoms with van der Waals surface area (Å²) in [7, 11) is 1.51. The number of benzene rings is 1. The van der Waals surface area contributed by atoms with Gasteiger partial charge in [-0.15, -0.1) is 0 Å². The molecule has 1 amide bonds. The monoisotopic (exact) mass is 505 g/mol. The van der Waals surface area contributed by atoms with Crippen molar-refractivity contribution < 1.29 is 32.2 Å². The molecule has 0 saturated carbocycles. The Morgan fingerprint density at radius 3 is 2.78 bits per heavy atom. The minimum atomic E-state index is -4.53. The molecular weight excluding hydrogens is 479 g/mol. The number of nitrogens with zero attached hydrogens (tertiary/aromatic N) is 4. The number of nitrogens with one attached hydrogen (secondary N) is 1. The molecule has 0 unspecified atom stereocenters. The van der Waals surface area contributed by atoms with E-state index in [4.69, 9.17) is 14.2 Å². The van der Waals surface area contributed by atoms with Crippen molar-refractivity contribution in [2.75, 3.05) is 38.7 Å². The van der Waals surface area contributed by atoms with Crippen molar-refractivity contribution >= 4 is 22.6 Å². The van der Waals surface area contributed by atoms with Gasteiger partial charge in [-0.05, 0) is 30.7 Å². The fourth-order valence-corrected chi connectivity index (χ4v) is 3.87. The normalized spacial score (nSPS) is 16.2. The summed E-state index contributed by atoms with van der Waals surface area (Å²) < 4.78 is 56.3. The van der Waals surface area contributed by atoms with Crippen LogP contribution in [0.5, 0.6) is 11.5 Å². The van der Waals surface area contributed by atoms with Crippen molar-refractivity contribution in [3.05, 3.63) is 47.5 Å². The molecule has 1 aliphatic heterocycles. The molecule has 0 radical (unpaired) electrons. The molecule has 1 N–H and O–H groups in total. The predicted octanol–water partition coefficient (Wildman–Crippen LogP) is 3.60. The summed E-state index contributed by atoms with van der Waals surface area (Å²) >= 11 is 0. The Morgan fingerprint density at radius 1 is 1.25 bits per heavy atom. The van der Waals surface area contributed by atoms with Crippen molar-refractivity contribution in [1.29, 1.82) is 0 Å². The third-order valence-corrected chi connectivity index (χ3v) is 5.68. The summed E-state index contributed by atoms with van der Waals surface area (Å²) in [5, 5.41) is 3.71. The highest BCUT2D eigenvalue weighted by Gasteiger charge is 2.32. The van der Waals surface area contributed by atoms with Crippen molar-refractivity contribution in [2.24, 2.45) is 0 Å². The molecule has 0 bridgehead atoms. The number of alkyl halides is 3. The summed E-state index contributed by atoms with van der Waals surface area (Å²) in [6.07, 6.45) is -3.70. The van der Waals surface area contributed by atoms with Gasteiger partial charge in [0.15, 0.2) is 11.5 Å². The molecule has 1 saturated heterocycles. The molecule has 1 atom stereocenters. The molecule has 1 aliphatic rings. The summed E-state index contributed by atoms with van der Waals surface area (Å²) in [5.74, 6) is 1.77. The van der Waals surface area contributed by atoms with E-state index in [-0.39, 0.29) is 25.2 Å². The molecule has 2 aromatic heterocycles. The van der Waals surface area contributed by atoms with Gasteiger partial charge in [0.2, 0.25) is 5.91 Å².